The number of nitrogens with zero attached hydrogens (tertiary/aromatic N) is 2. The van der Waals surface area contributed by atoms with Crippen LogP contribution in [0.5, 0.6) is 5.75 Å². The van der Waals surface area contributed by atoms with Crippen molar-refractivity contribution in [2.75, 3.05) is 7.11 Å². The molecule has 0 fully saturated rings. The van der Waals surface area contributed by atoms with Crippen LogP contribution in [0.3, 0.4) is 0 Å². The van der Waals surface area contributed by atoms with Crippen molar-refractivity contribution in [1.29, 1.82) is 5.26 Å². The van der Waals surface area contributed by atoms with Gasteiger partial charge in [0.25, 0.3) is 0 Å². The number of ether oxygens (including phenoxy) is 1. The second kappa shape index (κ2) is 11.6. The topological polar surface area (TPSA) is 125 Å². The summed E-state index contributed by atoms with van der Waals surface area (Å²) in [7, 11) is -2.25. The minimum absolute atomic E-state index is 0.0765. The number of aromatic nitrogens is 2. The zero-order valence-corrected chi connectivity index (χ0v) is 20.1. The molecule has 0 spiro atoms. The minimum Gasteiger partial charge on any atom is -0.497 e. The van der Waals surface area contributed by atoms with Crippen molar-refractivity contribution in [3.8, 4) is 23.1 Å². The first kappa shape index (κ1) is 25.1. The van der Waals surface area contributed by atoms with Crippen molar-refractivity contribution in [3.05, 3.63) is 66.1 Å². The van der Waals surface area contributed by atoms with E-state index < -0.39 is 16.1 Å². The first-order chi connectivity index (χ1) is 16.3. The van der Waals surface area contributed by atoms with Gasteiger partial charge in [-0.15, -0.1) is 0 Å². The van der Waals surface area contributed by atoms with Gasteiger partial charge in [-0.05, 0) is 56.2 Å². The van der Waals surface area contributed by atoms with Gasteiger partial charge in [-0.3, -0.25) is 0 Å². The number of hydrogen-bond acceptors (Lipinski definition) is 6. The number of nitriles is 1. The highest BCUT2D eigenvalue weighted by atomic mass is 32.2. The predicted molar refractivity (Wildman–Crippen MR) is 129 cm³/mol. The molecule has 0 aliphatic carbocycles. The van der Waals surface area contributed by atoms with Gasteiger partial charge >= 0.3 is 0 Å². The summed E-state index contributed by atoms with van der Waals surface area (Å²) < 4.78 is 34.2. The van der Waals surface area contributed by atoms with Crippen molar-refractivity contribution in [2.45, 2.75) is 50.0 Å². The van der Waals surface area contributed by atoms with Gasteiger partial charge in [-0.1, -0.05) is 25.0 Å². The van der Waals surface area contributed by atoms with Gasteiger partial charge < -0.3 is 14.5 Å². The van der Waals surface area contributed by atoms with Crippen LogP contribution in [0.4, 0.5) is 0 Å². The number of methoxy groups -OCH3 is 1. The van der Waals surface area contributed by atoms with E-state index in [1.54, 1.807) is 20.2 Å². The Morgan fingerprint density at radius 2 is 1.94 bits per heavy atom. The smallest absolute Gasteiger partial charge is 0.241 e. The van der Waals surface area contributed by atoms with Gasteiger partial charge in [0.2, 0.25) is 10.0 Å². The Kier molecular flexibility index (Phi) is 8.57. The molecule has 0 bridgehead atoms. The highest BCUT2D eigenvalue weighted by molar-refractivity contribution is 7.89. The molecule has 9 heteroatoms. The van der Waals surface area contributed by atoms with Gasteiger partial charge in [-0.25, -0.2) is 18.1 Å². The van der Waals surface area contributed by atoms with Crippen molar-refractivity contribution < 1.29 is 17.9 Å². The zero-order valence-electron chi connectivity index (χ0n) is 19.2. The number of rotatable bonds is 12. The fraction of sp³-hybridized carbons (Fsp3) is 0.320. The number of nitrogens with one attached hydrogen (secondary N) is 2. The summed E-state index contributed by atoms with van der Waals surface area (Å²) in [5, 5.41) is 8.97. The molecule has 0 radical (unpaired) electrons. The number of sulfonamides is 1. The molecule has 2 N–H and O–H groups in total. The summed E-state index contributed by atoms with van der Waals surface area (Å²) >= 11 is 0. The molecule has 1 atom stereocenters. The Morgan fingerprint density at radius 1 is 1.18 bits per heavy atom. The van der Waals surface area contributed by atoms with E-state index in [-0.39, 0.29) is 10.7 Å². The average molecular weight is 481 g/mol. The number of hydrogen-bond donors (Lipinski definition) is 2. The van der Waals surface area contributed by atoms with Crippen molar-refractivity contribution in [3.63, 3.8) is 0 Å². The van der Waals surface area contributed by atoms with Crippen LogP contribution < -0.4 is 9.46 Å². The number of carbonyl (C=O) groups is 1. The van der Waals surface area contributed by atoms with Crippen LogP contribution in [0.2, 0.25) is 0 Å². The first-order valence-electron chi connectivity index (χ1n) is 11.0. The van der Waals surface area contributed by atoms with Crippen molar-refractivity contribution >= 4 is 15.8 Å². The average Bonchev–Trinajstić information content (AvgIpc) is 3.33. The largest absolute Gasteiger partial charge is 0.497 e. The van der Waals surface area contributed by atoms with E-state index in [4.69, 9.17) is 10.00 Å². The molecule has 8 nitrogen and oxygen atoms in total. The van der Waals surface area contributed by atoms with Gasteiger partial charge in [0, 0.05) is 12.0 Å². The molecular weight excluding hydrogens is 452 g/mol. The molecule has 0 aliphatic rings. The lowest BCUT2D eigenvalue weighted by atomic mass is 10.1. The van der Waals surface area contributed by atoms with Crippen LogP contribution >= 0.6 is 0 Å². The number of carbonyl (C=O) groups excluding carboxylic acids is 1. The third-order valence-corrected chi connectivity index (χ3v) is 6.91. The second-order valence-corrected chi connectivity index (χ2v) is 9.74. The van der Waals surface area contributed by atoms with E-state index >= 15 is 0 Å². The van der Waals surface area contributed by atoms with E-state index in [1.807, 2.05) is 30.3 Å². The molecule has 178 valence electrons. The Bertz CT molecular complexity index is 1260. The summed E-state index contributed by atoms with van der Waals surface area (Å²) in [6.07, 6.45) is 4.99. The van der Waals surface area contributed by atoms with E-state index in [2.05, 4.69) is 14.7 Å². The molecule has 0 saturated carbocycles. The van der Waals surface area contributed by atoms with Crippen LogP contribution in [0.15, 0.2) is 59.6 Å². The third-order valence-electron chi connectivity index (χ3n) is 5.42. The summed E-state index contributed by atoms with van der Waals surface area (Å²) in [5.41, 5.74) is 2.00. The van der Waals surface area contributed by atoms with E-state index in [1.165, 1.54) is 24.3 Å². The maximum atomic E-state index is 13.1. The summed E-state index contributed by atoms with van der Waals surface area (Å²) in [5.74, 6) is 1.35. The number of ketones is 1. The molecule has 3 aromatic rings. The number of aromatic amines is 1. The molecule has 0 saturated heterocycles. The number of benzene rings is 2. The highest BCUT2D eigenvalue weighted by Crippen LogP contribution is 2.26. The Labute approximate surface area is 200 Å². The van der Waals surface area contributed by atoms with Crippen LogP contribution in [0, 0.1) is 11.3 Å². The van der Waals surface area contributed by atoms with Crippen molar-refractivity contribution in [2.24, 2.45) is 0 Å². The fourth-order valence-electron chi connectivity index (χ4n) is 3.57. The van der Waals surface area contributed by atoms with Gasteiger partial charge in [-0.2, -0.15) is 5.26 Å². The van der Waals surface area contributed by atoms with Crippen molar-refractivity contribution in [1.82, 2.24) is 14.7 Å². The lowest BCUT2D eigenvalue weighted by molar-refractivity contribution is -0.117. The number of Topliss-reactive ketones (excluding diaryl/α,β-unsaturated/α-hetero) is 1. The standard InChI is InChI=1S/C25H28N4O4S/c1-18(30)7-4-3-5-10-23(29-34(31,32)22-13-11-19(16-26)12-14-22)25-27-17-24(28-25)20-8-6-9-21(15-20)33-2/h6,8-9,11-15,17,23,29H,3-5,7,10H2,1-2H3,(H,27,28)/t23-/m0/s1. The number of imidazole rings is 1. The minimum atomic E-state index is -3.85. The lowest BCUT2D eigenvalue weighted by Crippen LogP contribution is -2.29. The van der Waals surface area contributed by atoms with E-state index in [9.17, 15) is 13.2 Å². The number of H-pyrrole nitrogens is 1. The Morgan fingerprint density at radius 3 is 2.62 bits per heavy atom. The van der Waals surface area contributed by atoms with Crippen LogP contribution in [-0.4, -0.2) is 31.3 Å². The molecule has 0 amide bonds. The highest BCUT2D eigenvalue weighted by Gasteiger charge is 2.24. The SMILES string of the molecule is COc1cccc(-c2cnc([C@H](CCCCCC(C)=O)NS(=O)(=O)c3ccc(C#N)cc3)[nH]2)c1. The number of unbranched alkanes of at least 4 members (excludes halogenated alkanes) is 2. The van der Waals surface area contributed by atoms with E-state index in [0.717, 1.165) is 30.5 Å². The Hall–Kier alpha value is -3.48. The first-order valence-corrected chi connectivity index (χ1v) is 12.5. The van der Waals surface area contributed by atoms with Crippen LogP contribution in [0.25, 0.3) is 11.3 Å². The Balaban J connectivity index is 1.82. The second-order valence-electron chi connectivity index (χ2n) is 8.03. The zero-order chi connectivity index (χ0) is 24.6. The van der Waals surface area contributed by atoms with Crippen LogP contribution in [-0.2, 0) is 14.8 Å². The molecule has 34 heavy (non-hydrogen) atoms. The predicted octanol–water partition coefficient (Wildman–Crippen LogP) is 4.52. The molecule has 3 rings (SSSR count). The molecule has 0 aliphatic heterocycles. The lowest BCUT2D eigenvalue weighted by Gasteiger charge is -2.17. The summed E-state index contributed by atoms with van der Waals surface area (Å²) in [4.78, 5) is 19.0. The maximum Gasteiger partial charge on any atom is 0.241 e. The molecule has 2 aromatic carbocycles. The quantitative estimate of drug-likeness (QED) is 0.367. The maximum absolute atomic E-state index is 13.1. The van der Waals surface area contributed by atoms with E-state index in [0.29, 0.717) is 30.0 Å². The molecule has 0 unspecified atom stereocenters. The molecule has 1 aromatic heterocycles. The monoisotopic (exact) mass is 480 g/mol. The summed E-state index contributed by atoms with van der Waals surface area (Å²) in [6, 6.07) is 14.7. The van der Waals surface area contributed by atoms with Gasteiger partial charge in [0.05, 0.1) is 41.6 Å². The third kappa shape index (κ3) is 6.76. The molecular formula is C25H28N4O4S. The fourth-order valence-corrected chi connectivity index (χ4v) is 4.80. The van der Waals surface area contributed by atoms with Crippen LogP contribution in [0.1, 0.15) is 56.5 Å². The summed E-state index contributed by atoms with van der Waals surface area (Å²) in [6.45, 7) is 1.57. The van der Waals surface area contributed by atoms with Gasteiger partial charge in [0.15, 0.2) is 0 Å². The molecule has 1 heterocycles. The van der Waals surface area contributed by atoms with Gasteiger partial charge in [0.1, 0.15) is 17.4 Å². The normalized spacial score (nSPS) is 12.1.